The number of carbonyl (C=O) groups is 2. The lowest BCUT2D eigenvalue weighted by atomic mass is 9.93. The monoisotopic (exact) mass is 350 g/mol. The van der Waals surface area contributed by atoms with Crippen LogP contribution >= 0.6 is 0 Å². The first-order valence-corrected chi connectivity index (χ1v) is 8.03. The van der Waals surface area contributed by atoms with Crippen molar-refractivity contribution in [2.75, 3.05) is 0 Å². The SMILES string of the molecule is N#CC(N=C(c1ccccc1)c1ccccc1)C(CC(=O)O)CC(=O)O. The number of hydrogen-bond donors (Lipinski definition) is 2. The largest absolute Gasteiger partial charge is 0.481 e. The molecule has 0 aliphatic carbocycles. The van der Waals surface area contributed by atoms with E-state index in [9.17, 15) is 14.9 Å². The van der Waals surface area contributed by atoms with Crippen molar-refractivity contribution in [2.24, 2.45) is 10.9 Å². The van der Waals surface area contributed by atoms with Gasteiger partial charge in [-0.3, -0.25) is 14.6 Å². The highest BCUT2D eigenvalue weighted by Gasteiger charge is 2.27. The van der Waals surface area contributed by atoms with Crippen LogP contribution < -0.4 is 0 Å². The molecule has 0 radical (unpaired) electrons. The third-order valence-corrected chi connectivity index (χ3v) is 3.82. The summed E-state index contributed by atoms with van der Waals surface area (Å²) in [7, 11) is 0. The highest BCUT2D eigenvalue weighted by Crippen LogP contribution is 2.20. The fourth-order valence-corrected chi connectivity index (χ4v) is 2.63. The average Bonchev–Trinajstić information content (AvgIpc) is 2.63. The third kappa shape index (κ3) is 5.28. The van der Waals surface area contributed by atoms with Gasteiger partial charge in [0.05, 0.1) is 24.6 Å². The van der Waals surface area contributed by atoms with Gasteiger partial charge in [-0.1, -0.05) is 60.7 Å². The Labute approximate surface area is 151 Å². The summed E-state index contributed by atoms with van der Waals surface area (Å²) in [5.74, 6) is -3.24. The molecule has 2 N–H and O–H groups in total. The number of benzene rings is 2. The fourth-order valence-electron chi connectivity index (χ4n) is 2.63. The molecule has 6 heteroatoms. The summed E-state index contributed by atoms with van der Waals surface area (Å²) in [6, 6.07) is 19.3. The second-order valence-corrected chi connectivity index (χ2v) is 5.74. The molecule has 0 spiro atoms. The van der Waals surface area contributed by atoms with E-state index in [1.807, 2.05) is 66.7 Å². The summed E-state index contributed by atoms with van der Waals surface area (Å²) in [5.41, 5.74) is 2.06. The summed E-state index contributed by atoms with van der Waals surface area (Å²) in [5, 5.41) is 27.6. The minimum absolute atomic E-state index is 0.440. The highest BCUT2D eigenvalue weighted by atomic mass is 16.4. The first-order valence-electron chi connectivity index (χ1n) is 8.03. The van der Waals surface area contributed by atoms with Crippen LogP contribution in [0.5, 0.6) is 0 Å². The van der Waals surface area contributed by atoms with Gasteiger partial charge in [-0.15, -0.1) is 0 Å². The second kappa shape index (κ2) is 9.14. The molecule has 1 unspecified atom stereocenters. The maximum Gasteiger partial charge on any atom is 0.303 e. The maximum atomic E-state index is 11.1. The molecule has 6 nitrogen and oxygen atoms in total. The molecule has 0 heterocycles. The summed E-state index contributed by atoms with van der Waals surface area (Å²) in [6.07, 6.45) is -0.879. The van der Waals surface area contributed by atoms with Crippen LogP contribution in [0.25, 0.3) is 0 Å². The van der Waals surface area contributed by atoms with E-state index in [0.29, 0.717) is 5.71 Å². The predicted molar refractivity (Wildman–Crippen MR) is 95.9 cm³/mol. The van der Waals surface area contributed by atoms with Gasteiger partial charge in [0.25, 0.3) is 0 Å². The van der Waals surface area contributed by atoms with Crippen LogP contribution in [0, 0.1) is 17.2 Å². The molecule has 0 saturated heterocycles. The molecule has 2 rings (SSSR count). The van der Waals surface area contributed by atoms with Crippen LogP contribution in [0.2, 0.25) is 0 Å². The van der Waals surface area contributed by atoms with Crippen molar-refractivity contribution in [3.05, 3.63) is 71.8 Å². The zero-order valence-electron chi connectivity index (χ0n) is 13.9. The van der Waals surface area contributed by atoms with Crippen molar-refractivity contribution in [3.63, 3.8) is 0 Å². The van der Waals surface area contributed by atoms with Crippen LogP contribution in [-0.2, 0) is 9.59 Å². The van der Waals surface area contributed by atoms with E-state index in [4.69, 9.17) is 10.2 Å². The van der Waals surface area contributed by atoms with Crippen molar-refractivity contribution >= 4 is 17.7 Å². The zero-order chi connectivity index (χ0) is 18.9. The predicted octanol–water partition coefficient (Wildman–Crippen LogP) is 2.98. The standard InChI is InChI=1S/C20H18N2O4/c21-13-17(16(11-18(23)24)12-19(25)26)22-20(14-7-3-1-4-8-14)15-9-5-2-6-10-15/h1-10,16-17H,11-12H2,(H,23,24)(H,25,26). The number of carboxylic acids is 2. The van der Waals surface area contributed by atoms with E-state index >= 15 is 0 Å². The molecule has 0 aliphatic rings. The normalized spacial score (nSPS) is 11.4. The zero-order valence-corrected chi connectivity index (χ0v) is 13.9. The van der Waals surface area contributed by atoms with Crippen molar-refractivity contribution < 1.29 is 19.8 Å². The molecule has 1 atom stereocenters. The fraction of sp³-hybridized carbons (Fsp3) is 0.200. The summed E-state index contributed by atoms with van der Waals surface area (Å²) in [6.45, 7) is 0. The molecule has 2 aromatic rings. The first kappa shape index (κ1) is 18.9. The minimum Gasteiger partial charge on any atom is -0.481 e. The van der Waals surface area contributed by atoms with Crippen molar-refractivity contribution in [1.82, 2.24) is 0 Å². The van der Waals surface area contributed by atoms with Crippen molar-refractivity contribution in [2.45, 2.75) is 18.9 Å². The molecular formula is C20H18N2O4. The molecule has 26 heavy (non-hydrogen) atoms. The molecule has 0 saturated carbocycles. The Morgan fingerprint density at radius 3 is 1.65 bits per heavy atom. The summed E-state index contributed by atoms with van der Waals surface area (Å²) < 4.78 is 0. The second-order valence-electron chi connectivity index (χ2n) is 5.74. The van der Waals surface area contributed by atoms with E-state index in [0.717, 1.165) is 11.1 Å². The quantitative estimate of drug-likeness (QED) is 0.711. The smallest absolute Gasteiger partial charge is 0.303 e. The lowest BCUT2D eigenvalue weighted by Crippen LogP contribution is -2.25. The van der Waals surface area contributed by atoms with Gasteiger partial charge >= 0.3 is 11.9 Å². The third-order valence-electron chi connectivity index (χ3n) is 3.82. The number of rotatable bonds is 8. The molecule has 0 aromatic heterocycles. The van der Waals surface area contributed by atoms with Gasteiger partial charge in [-0.25, -0.2) is 0 Å². The molecule has 2 aromatic carbocycles. The summed E-state index contributed by atoms with van der Waals surface area (Å²) >= 11 is 0. The minimum atomic E-state index is -1.16. The van der Waals surface area contributed by atoms with Gasteiger partial charge in [-0.05, 0) is 0 Å². The highest BCUT2D eigenvalue weighted by molar-refractivity contribution is 6.13. The number of carboxylic acid groups (broad SMARTS) is 2. The number of nitrogens with zero attached hydrogens (tertiary/aromatic N) is 2. The number of aliphatic carboxylic acids is 2. The van der Waals surface area contributed by atoms with Crippen molar-refractivity contribution in [3.8, 4) is 6.07 Å². The first-order chi connectivity index (χ1) is 12.5. The number of nitriles is 1. The molecule has 0 fully saturated rings. The summed E-state index contributed by atoms with van der Waals surface area (Å²) in [4.78, 5) is 26.6. The van der Waals surface area contributed by atoms with Crippen molar-refractivity contribution in [1.29, 1.82) is 5.26 Å². The number of hydrogen-bond acceptors (Lipinski definition) is 4. The van der Waals surface area contributed by atoms with Crippen LogP contribution in [0.15, 0.2) is 65.7 Å². The van der Waals surface area contributed by atoms with E-state index < -0.39 is 36.7 Å². The van der Waals surface area contributed by atoms with Crippen LogP contribution in [0.4, 0.5) is 0 Å². The van der Waals surface area contributed by atoms with Gasteiger partial charge in [0.1, 0.15) is 6.04 Å². The average molecular weight is 350 g/mol. The molecule has 132 valence electrons. The molecule has 0 aliphatic heterocycles. The molecular weight excluding hydrogens is 332 g/mol. The van der Waals surface area contributed by atoms with Gasteiger partial charge in [-0.2, -0.15) is 5.26 Å². The maximum absolute atomic E-state index is 11.1. The van der Waals surface area contributed by atoms with Gasteiger partial charge in [0.15, 0.2) is 0 Å². The Kier molecular flexibility index (Phi) is 6.63. The molecule has 0 bridgehead atoms. The lowest BCUT2D eigenvalue weighted by molar-refractivity contribution is -0.140. The van der Waals surface area contributed by atoms with Gasteiger partial charge in [0.2, 0.25) is 0 Å². The topological polar surface area (TPSA) is 111 Å². The molecule has 0 amide bonds. The Morgan fingerprint density at radius 2 is 1.31 bits per heavy atom. The van der Waals surface area contributed by atoms with Crippen LogP contribution in [0.1, 0.15) is 24.0 Å². The van der Waals surface area contributed by atoms with E-state index in [-0.39, 0.29) is 0 Å². The van der Waals surface area contributed by atoms with Crippen LogP contribution in [-0.4, -0.2) is 33.9 Å². The Bertz CT molecular complexity index is 768. The van der Waals surface area contributed by atoms with E-state index in [2.05, 4.69) is 4.99 Å². The van der Waals surface area contributed by atoms with Gasteiger partial charge in [0, 0.05) is 17.0 Å². The Hall–Kier alpha value is -3.46. The number of aliphatic imine (C=N–C) groups is 1. The Balaban J connectivity index is 2.50. The van der Waals surface area contributed by atoms with Crippen LogP contribution in [0.3, 0.4) is 0 Å². The van der Waals surface area contributed by atoms with E-state index in [1.165, 1.54) is 0 Å². The Morgan fingerprint density at radius 1 is 0.885 bits per heavy atom. The van der Waals surface area contributed by atoms with E-state index in [1.54, 1.807) is 0 Å². The lowest BCUT2D eigenvalue weighted by Gasteiger charge is -2.17. The van der Waals surface area contributed by atoms with Gasteiger partial charge < -0.3 is 10.2 Å².